The van der Waals surface area contributed by atoms with E-state index in [1.54, 1.807) is 0 Å². The lowest BCUT2D eigenvalue weighted by Crippen LogP contribution is -2.25. The molecule has 2 aromatic heterocycles. The van der Waals surface area contributed by atoms with Gasteiger partial charge >= 0.3 is 0 Å². The third-order valence-corrected chi connectivity index (χ3v) is 17.2. The first-order chi connectivity index (χ1) is 32.3. The number of fused-ring (bicyclic) bond motifs is 18. The largest absolute Gasteiger partial charge is 0.135 e. The molecule has 11 aromatic carbocycles. The van der Waals surface area contributed by atoms with E-state index in [0.717, 1.165) is 0 Å². The van der Waals surface area contributed by atoms with Crippen LogP contribution in [0.1, 0.15) is 22.3 Å². The Morgan fingerprint density at radius 1 is 0.231 bits per heavy atom. The molecule has 2 aliphatic carbocycles. The Kier molecular flexibility index (Phi) is 7.28. The molecule has 65 heavy (non-hydrogen) atoms. The van der Waals surface area contributed by atoms with Crippen LogP contribution in [0.15, 0.2) is 218 Å². The monoisotopic (exact) mass is 856 g/mol. The smallest absolute Gasteiger partial charge is 0.0725 e. The highest BCUT2D eigenvalue weighted by Gasteiger charge is 2.52. The first-order valence-electron chi connectivity index (χ1n) is 22.5. The van der Waals surface area contributed by atoms with Gasteiger partial charge in [0.15, 0.2) is 0 Å². The van der Waals surface area contributed by atoms with Crippen molar-refractivity contribution in [3.8, 4) is 55.6 Å². The van der Waals surface area contributed by atoms with Gasteiger partial charge in [-0.25, -0.2) is 0 Å². The number of hydrogen-bond acceptors (Lipinski definition) is 2. The summed E-state index contributed by atoms with van der Waals surface area (Å²) >= 11 is 3.82. The second-order valence-electron chi connectivity index (χ2n) is 17.7. The van der Waals surface area contributed by atoms with Gasteiger partial charge in [-0.3, -0.25) is 0 Å². The van der Waals surface area contributed by atoms with Gasteiger partial charge in [0.2, 0.25) is 0 Å². The zero-order valence-corrected chi connectivity index (χ0v) is 36.7. The maximum atomic E-state index is 2.53. The second-order valence-corrected chi connectivity index (χ2v) is 19.8. The van der Waals surface area contributed by atoms with Crippen LogP contribution in [0.2, 0.25) is 0 Å². The lowest BCUT2D eigenvalue weighted by Gasteiger charge is -2.30. The summed E-state index contributed by atoms with van der Waals surface area (Å²) in [5, 5.41) is 10.4. The maximum absolute atomic E-state index is 2.53. The van der Waals surface area contributed by atoms with Crippen molar-refractivity contribution in [1.29, 1.82) is 0 Å². The average Bonchev–Trinajstić information content (AvgIpc) is 4.11. The van der Waals surface area contributed by atoms with Crippen molar-refractivity contribution in [2.45, 2.75) is 5.41 Å². The lowest BCUT2D eigenvalue weighted by atomic mass is 9.70. The van der Waals surface area contributed by atoms with Gasteiger partial charge in [-0.05, 0) is 107 Å². The average molecular weight is 857 g/mol. The summed E-state index contributed by atoms with van der Waals surface area (Å²) in [6, 6.07) is 82.8. The van der Waals surface area contributed by atoms with Crippen LogP contribution in [0.3, 0.4) is 0 Å². The van der Waals surface area contributed by atoms with Crippen LogP contribution in [0.25, 0.3) is 118 Å². The zero-order valence-electron chi connectivity index (χ0n) is 35.1. The van der Waals surface area contributed by atoms with Crippen molar-refractivity contribution in [3.05, 3.63) is 241 Å². The first-order valence-corrected chi connectivity index (χ1v) is 24.1. The first kappa shape index (κ1) is 35.8. The molecular weight excluding hydrogens is 821 g/mol. The molecule has 1 spiro atoms. The fraction of sp³-hybridized carbons (Fsp3) is 0.0159. The standard InChI is InChI=1S/C63H36S2/c1-6-30-53-39(16-1)40-17-2-7-31-54(40)63(53)55-32-8-3-20-49(55)60-50(29-15-33-56(60)63)59-43-23-11-21-37(45-25-13-27-47-41-18-4-9-34-57(41)64-61(45)47)51(43)36-52-38(22-12-24-44(52)59)46-26-14-28-48-42-19-5-10-35-58(42)65-62(46)48/h1-36H. The van der Waals surface area contributed by atoms with E-state index in [1.165, 1.54) is 140 Å². The molecule has 0 aliphatic heterocycles. The third kappa shape index (κ3) is 4.65. The van der Waals surface area contributed by atoms with Gasteiger partial charge in [0.1, 0.15) is 0 Å². The Labute approximate surface area is 383 Å². The molecule has 15 rings (SSSR count). The molecule has 0 saturated carbocycles. The summed E-state index contributed by atoms with van der Waals surface area (Å²) in [5.41, 5.74) is 18.0. The molecule has 300 valence electrons. The molecule has 0 nitrogen and oxygen atoms in total. The molecular formula is C63H36S2. The highest BCUT2D eigenvalue weighted by atomic mass is 32.1. The van der Waals surface area contributed by atoms with Crippen molar-refractivity contribution in [3.63, 3.8) is 0 Å². The maximum Gasteiger partial charge on any atom is 0.0725 e. The minimum Gasteiger partial charge on any atom is -0.135 e. The summed E-state index contributed by atoms with van der Waals surface area (Å²) in [6.45, 7) is 0. The molecule has 2 heterocycles. The van der Waals surface area contributed by atoms with E-state index < -0.39 is 5.41 Å². The van der Waals surface area contributed by atoms with E-state index in [9.17, 15) is 0 Å². The highest BCUT2D eigenvalue weighted by molar-refractivity contribution is 7.26. The van der Waals surface area contributed by atoms with E-state index in [1.807, 2.05) is 22.7 Å². The van der Waals surface area contributed by atoms with Gasteiger partial charge in [0, 0.05) is 51.5 Å². The van der Waals surface area contributed by atoms with E-state index in [4.69, 9.17) is 0 Å². The predicted molar refractivity (Wildman–Crippen MR) is 280 cm³/mol. The van der Waals surface area contributed by atoms with Crippen molar-refractivity contribution >= 4 is 84.6 Å². The number of benzene rings is 11. The van der Waals surface area contributed by atoms with E-state index in [-0.39, 0.29) is 0 Å². The number of hydrogen-bond donors (Lipinski definition) is 0. The van der Waals surface area contributed by atoms with Gasteiger partial charge in [0.05, 0.1) is 5.41 Å². The number of rotatable bonds is 3. The van der Waals surface area contributed by atoms with Crippen LogP contribution in [0, 0.1) is 0 Å². The van der Waals surface area contributed by atoms with Crippen molar-refractivity contribution in [1.82, 2.24) is 0 Å². The molecule has 2 aliphatic rings. The fourth-order valence-corrected chi connectivity index (χ4v) is 14.7. The van der Waals surface area contributed by atoms with E-state index in [0.29, 0.717) is 0 Å². The Morgan fingerprint density at radius 2 is 0.600 bits per heavy atom. The molecule has 0 saturated heterocycles. The van der Waals surface area contributed by atoms with Crippen molar-refractivity contribution < 1.29 is 0 Å². The molecule has 0 N–H and O–H groups in total. The molecule has 0 amide bonds. The minimum atomic E-state index is -0.431. The van der Waals surface area contributed by atoms with Gasteiger partial charge in [0.25, 0.3) is 0 Å². The Balaban J connectivity index is 1.10. The second kappa shape index (κ2) is 13.2. The fourth-order valence-electron chi connectivity index (χ4n) is 12.2. The molecule has 0 bridgehead atoms. The SMILES string of the molecule is c1ccc2c(c1)-c1ccccc1C21c2ccccc2-c2c(-c3c4cccc(-c5cccc6c5sc5ccccc56)c4cc4c(-c5cccc6c5sc5ccccc56)cccc34)cccc21. The number of thiophene rings is 2. The summed E-state index contributed by atoms with van der Waals surface area (Å²) in [4.78, 5) is 0. The Hall–Kier alpha value is -7.62. The van der Waals surface area contributed by atoms with Crippen molar-refractivity contribution in [2.24, 2.45) is 0 Å². The predicted octanol–water partition coefficient (Wildman–Crippen LogP) is 18.1. The van der Waals surface area contributed by atoms with Crippen LogP contribution < -0.4 is 0 Å². The molecule has 0 atom stereocenters. The quantitative estimate of drug-likeness (QED) is 0.155. The third-order valence-electron chi connectivity index (χ3n) is 14.7. The summed E-state index contributed by atoms with van der Waals surface area (Å²) in [5.74, 6) is 0. The normalized spacial score (nSPS) is 13.4. The van der Waals surface area contributed by atoms with E-state index >= 15 is 0 Å². The van der Waals surface area contributed by atoms with Crippen LogP contribution in [-0.4, -0.2) is 0 Å². The molecule has 0 fully saturated rings. The zero-order chi connectivity index (χ0) is 42.4. The topological polar surface area (TPSA) is 0 Å². The lowest BCUT2D eigenvalue weighted by molar-refractivity contribution is 0.794. The summed E-state index contributed by atoms with van der Waals surface area (Å²) in [7, 11) is 0. The van der Waals surface area contributed by atoms with Crippen LogP contribution >= 0.6 is 22.7 Å². The summed E-state index contributed by atoms with van der Waals surface area (Å²) in [6.07, 6.45) is 0. The van der Waals surface area contributed by atoms with Crippen LogP contribution in [-0.2, 0) is 5.41 Å². The molecule has 2 heteroatoms. The molecule has 0 radical (unpaired) electrons. The van der Waals surface area contributed by atoms with Gasteiger partial charge in [-0.15, -0.1) is 22.7 Å². The van der Waals surface area contributed by atoms with Gasteiger partial charge < -0.3 is 0 Å². The molecule has 0 unspecified atom stereocenters. The van der Waals surface area contributed by atoms with Gasteiger partial charge in [-0.1, -0.05) is 200 Å². The summed E-state index contributed by atoms with van der Waals surface area (Å²) < 4.78 is 5.31. The Morgan fingerprint density at radius 3 is 1.15 bits per heavy atom. The van der Waals surface area contributed by atoms with Gasteiger partial charge in [-0.2, -0.15) is 0 Å². The van der Waals surface area contributed by atoms with E-state index in [2.05, 4.69) is 218 Å². The highest BCUT2D eigenvalue weighted by Crippen LogP contribution is 2.64. The minimum absolute atomic E-state index is 0.431. The van der Waals surface area contributed by atoms with Crippen LogP contribution in [0.5, 0.6) is 0 Å². The molecule has 13 aromatic rings. The van der Waals surface area contributed by atoms with Crippen LogP contribution in [0.4, 0.5) is 0 Å². The Bertz CT molecular complexity index is 3980. The van der Waals surface area contributed by atoms with Crippen molar-refractivity contribution in [2.75, 3.05) is 0 Å².